The third-order valence-electron chi connectivity index (χ3n) is 3.53. The molecule has 1 aromatic heterocycles. The van der Waals surface area contributed by atoms with Gasteiger partial charge in [0.05, 0.1) is 5.69 Å². The largest absolute Gasteiger partial charge is 0.486 e. The van der Waals surface area contributed by atoms with E-state index in [0.717, 1.165) is 28.1 Å². The van der Waals surface area contributed by atoms with E-state index in [9.17, 15) is 0 Å². The minimum atomic E-state index is 0.578. The van der Waals surface area contributed by atoms with Crippen LogP contribution < -0.4 is 9.47 Å². The van der Waals surface area contributed by atoms with E-state index in [0.29, 0.717) is 13.2 Å². The molecule has 0 amide bonds. The lowest BCUT2D eigenvalue weighted by atomic mass is 10.2. The molecule has 0 spiro atoms. The zero-order valence-corrected chi connectivity index (χ0v) is 13.2. The van der Waals surface area contributed by atoms with Crippen LogP contribution in [0.15, 0.2) is 60.0 Å². The molecule has 0 bridgehead atoms. The summed E-state index contributed by atoms with van der Waals surface area (Å²) in [6.45, 7) is 1.17. The summed E-state index contributed by atoms with van der Waals surface area (Å²) in [7, 11) is 0. The van der Waals surface area contributed by atoms with Crippen molar-refractivity contribution in [2.24, 2.45) is 0 Å². The van der Waals surface area contributed by atoms with Gasteiger partial charge in [0.1, 0.15) is 19.5 Å². The molecule has 2 heterocycles. The van der Waals surface area contributed by atoms with Gasteiger partial charge in [0.2, 0.25) is 0 Å². The summed E-state index contributed by atoms with van der Waals surface area (Å²) in [5.74, 6) is 2.40. The lowest BCUT2D eigenvalue weighted by Gasteiger charge is -2.19. The maximum atomic E-state index is 5.65. The third kappa shape index (κ3) is 3.03. The van der Waals surface area contributed by atoms with Crippen LogP contribution in [0.1, 0.15) is 5.56 Å². The van der Waals surface area contributed by atoms with Crippen molar-refractivity contribution in [1.82, 2.24) is 14.8 Å². The number of nitrogens with zero attached hydrogens (tertiary/aromatic N) is 3. The molecule has 0 radical (unpaired) electrons. The normalized spacial score (nSPS) is 13.0. The lowest BCUT2D eigenvalue weighted by Crippen LogP contribution is -2.15. The van der Waals surface area contributed by atoms with Crippen molar-refractivity contribution in [2.75, 3.05) is 13.2 Å². The number of aromatic nitrogens is 3. The van der Waals surface area contributed by atoms with E-state index in [1.165, 1.54) is 5.56 Å². The predicted octanol–water partition coefficient (Wildman–Crippen LogP) is 3.33. The molecule has 2 aromatic carbocycles. The highest BCUT2D eigenvalue weighted by atomic mass is 32.2. The summed E-state index contributed by atoms with van der Waals surface area (Å²) in [4.78, 5) is 0. The van der Waals surface area contributed by atoms with Crippen molar-refractivity contribution in [3.05, 3.63) is 60.4 Å². The first-order chi connectivity index (χ1) is 11.4. The monoisotopic (exact) mass is 325 g/mol. The van der Waals surface area contributed by atoms with Gasteiger partial charge < -0.3 is 9.47 Å². The standard InChI is InChI=1S/C17H15N3O2S/c1-2-4-13(5-3-1)11-23-17-19-18-12-20(17)14-6-7-15-16(10-14)22-9-8-21-15/h1-7,10,12H,8-9,11H2. The summed E-state index contributed by atoms with van der Waals surface area (Å²) in [5, 5.41) is 9.12. The van der Waals surface area contributed by atoms with Crippen molar-refractivity contribution in [3.63, 3.8) is 0 Å². The number of fused-ring (bicyclic) bond motifs is 1. The number of hydrogen-bond donors (Lipinski definition) is 0. The SMILES string of the molecule is c1ccc(CSc2nncn2-c2ccc3c(c2)OCCO3)cc1. The first kappa shape index (κ1) is 14.1. The molecule has 23 heavy (non-hydrogen) atoms. The van der Waals surface area contributed by atoms with Gasteiger partial charge in [-0.2, -0.15) is 0 Å². The Morgan fingerprint density at radius 2 is 1.83 bits per heavy atom. The molecule has 1 aliphatic heterocycles. The Balaban J connectivity index is 1.57. The molecule has 0 N–H and O–H groups in total. The van der Waals surface area contributed by atoms with E-state index in [2.05, 4.69) is 22.3 Å². The number of hydrogen-bond acceptors (Lipinski definition) is 5. The Morgan fingerprint density at radius 3 is 2.70 bits per heavy atom. The molecule has 0 saturated carbocycles. The van der Waals surface area contributed by atoms with E-state index in [1.807, 2.05) is 41.0 Å². The number of rotatable bonds is 4. The molecule has 0 aliphatic carbocycles. The van der Waals surface area contributed by atoms with Crippen LogP contribution in [0.3, 0.4) is 0 Å². The minimum Gasteiger partial charge on any atom is -0.486 e. The highest BCUT2D eigenvalue weighted by Crippen LogP contribution is 2.33. The first-order valence-corrected chi connectivity index (χ1v) is 8.35. The van der Waals surface area contributed by atoms with E-state index < -0.39 is 0 Å². The Hall–Kier alpha value is -2.47. The molecule has 6 heteroatoms. The van der Waals surface area contributed by atoms with Gasteiger partial charge in [-0.3, -0.25) is 4.57 Å². The molecule has 0 saturated heterocycles. The van der Waals surface area contributed by atoms with Crippen molar-refractivity contribution < 1.29 is 9.47 Å². The summed E-state index contributed by atoms with van der Waals surface area (Å²) >= 11 is 1.66. The molecule has 0 fully saturated rings. The summed E-state index contributed by atoms with van der Waals surface area (Å²) in [6, 6.07) is 16.2. The van der Waals surface area contributed by atoms with Gasteiger partial charge in [0.15, 0.2) is 16.7 Å². The summed E-state index contributed by atoms with van der Waals surface area (Å²) in [5.41, 5.74) is 2.23. The van der Waals surface area contributed by atoms with E-state index in [-0.39, 0.29) is 0 Å². The van der Waals surface area contributed by atoms with Crippen LogP contribution in [0.2, 0.25) is 0 Å². The average molecular weight is 325 g/mol. The van der Waals surface area contributed by atoms with Gasteiger partial charge in [-0.15, -0.1) is 10.2 Å². The maximum absolute atomic E-state index is 5.65. The molecule has 116 valence electrons. The van der Waals surface area contributed by atoms with Crippen molar-refractivity contribution >= 4 is 11.8 Å². The molecular formula is C17H15N3O2S. The number of benzene rings is 2. The van der Waals surface area contributed by atoms with Crippen LogP contribution >= 0.6 is 11.8 Å². The molecule has 0 atom stereocenters. The second-order valence-corrected chi connectivity index (χ2v) is 6.03. The van der Waals surface area contributed by atoms with E-state index in [4.69, 9.17) is 9.47 Å². The van der Waals surface area contributed by atoms with Crippen LogP contribution in [0.4, 0.5) is 0 Å². The van der Waals surface area contributed by atoms with Gasteiger partial charge in [-0.05, 0) is 17.7 Å². The second kappa shape index (κ2) is 6.34. The number of ether oxygens (including phenoxy) is 2. The maximum Gasteiger partial charge on any atom is 0.195 e. The molecule has 0 unspecified atom stereocenters. The summed E-state index contributed by atoms with van der Waals surface area (Å²) < 4.78 is 13.2. The molecule has 3 aromatic rings. The fourth-order valence-corrected chi connectivity index (χ4v) is 3.29. The molecular weight excluding hydrogens is 310 g/mol. The zero-order valence-electron chi connectivity index (χ0n) is 12.4. The summed E-state index contributed by atoms with van der Waals surface area (Å²) in [6.07, 6.45) is 1.72. The van der Waals surface area contributed by atoms with E-state index >= 15 is 0 Å². The first-order valence-electron chi connectivity index (χ1n) is 7.37. The van der Waals surface area contributed by atoms with Gasteiger partial charge in [0.25, 0.3) is 0 Å². The van der Waals surface area contributed by atoms with Crippen molar-refractivity contribution in [1.29, 1.82) is 0 Å². The zero-order chi connectivity index (χ0) is 15.5. The van der Waals surface area contributed by atoms with Crippen molar-refractivity contribution in [2.45, 2.75) is 10.9 Å². The van der Waals surface area contributed by atoms with Gasteiger partial charge >= 0.3 is 0 Å². The van der Waals surface area contributed by atoms with E-state index in [1.54, 1.807) is 18.1 Å². The topological polar surface area (TPSA) is 49.2 Å². The van der Waals surface area contributed by atoms with Crippen LogP contribution in [0.25, 0.3) is 5.69 Å². The highest BCUT2D eigenvalue weighted by Gasteiger charge is 2.14. The highest BCUT2D eigenvalue weighted by molar-refractivity contribution is 7.98. The fourth-order valence-electron chi connectivity index (χ4n) is 2.40. The Labute approximate surface area is 138 Å². The van der Waals surface area contributed by atoms with Crippen LogP contribution in [0.5, 0.6) is 11.5 Å². The molecule has 1 aliphatic rings. The minimum absolute atomic E-state index is 0.578. The lowest BCUT2D eigenvalue weighted by molar-refractivity contribution is 0.171. The Kier molecular flexibility index (Phi) is 3.90. The molecule has 4 rings (SSSR count). The van der Waals surface area contributed by atoms with Crippen molar-refractivity contribution in [3.8, 4) is 17.2 Å². The van der Waals surface area contributed by atoms with Gasteiger partial charge in [-0.25, -0.2) is 0 Å². The predicted molar refractivity (Wildman–Crippen MR) is 88.4 cm³/mol. The smallest absolute Gasteiger partial charge is 0.195 e. The third-order valence-corrected chi connectivity index (χ3v) is 4.55. The average Bonchev–Trinajstić information content (AvgIpc) is 3.09. The van der Waals surface area contributed by atoms with Crippen LogP contribution in [-0.2, 0) is 5.75 Å². The fraction of sp³-hybridized carbons (Fsp3) is 0.176. The van der Waals surface area contributed by atoms with Gasteiger partial charge in [-0.1, -0.05) is 42.1 Å². The molecule has 5 nitrogen and oxygen atoms in total. The van der Waals surface area contributed by atoms with Gasteiger partial charge in [0, 0.05) is 11.8 Å². The van der Waals surface area contributed by atoms with Crippen LogP contribution in [-0.4, -0.2) is 28.0 Å². The number of thioether (sulfide) groups is 1. The van der Waals surface area contributed by atoms with Crippen LogP contribution in [0, 0.1) is 0 Å². The second-order valence-electron chi connectivity index (χ2n) is 5.09. The Bertz CT molecular complexity index is 805. The quantitative estimate of drug-likeness (QED) is 0.689. The Morgan fingerprint density at radius 1 is 1.00 bits per heavy atom.